The van der Waals surface area contributed by atoms with E-state index >= 15 is 0 Å². The van der Waals surface area contributed by atoms with E-state index in [0.717, 1.165) is 5.56 Å². The number of aryl methyl sites for hydroxylation is 1. The summed E-state index contributed by atoms with van der Waals surface area (Å²) in [6, 6.07) is 3.53. The van der Waals surface area contributed by atoms with Gasteiger partial charge in [-0.05, 0) is 38.5 Å². The summed E-state index contributed by atoms with van der Waals surface area (Å²) in [5.41, 5.74) is 0.877. The fraction of sp³-hybridized carbons (Fsp3) is 0.375. The van der Waals surface area contributed by atoms with Gasteiger partial charge in [0.05, 0.1) is 18.2 Å². The van der Waals surface area contributed by atoms with Crippen molar-refractivity contribution in [2.24, 2.45) is 0 Å². The Morgan fingerprint density at radius 2 is 1.78 bits per heavy atom. The van der Waals surface area contributed by atoms with Gasteiger partial charge in [0, 0.05) is 17.7 Å². The molecule has 2 N–H and O–H groups in total. The second-order valence-electron chi connectivity index (χ2n) is 4.96. The number of aromatic amines is 2. The lowest BCUT2D eigenvalue weighted by atomic mass is 10.0. The molecule has 23 heavy (non-hydrogen) atoms. The molecule has 0 aliphatic carbocycles. The van der Waals surface area contributed by atoms with Crippen molar-refractivity contribution in [3.05, 3.63) is 54.8 Å². The highest BCUT2D eigenvalue weighted by molar-refractivity contribution is 6.32. The Kier molecular flexibility index (Phi) is 5.50. The molecule has 0 radical (unpaired) electrons. The summed E-state index contributed by atoms with van der Waals surface area (Å²) in [7, 11) is 0. The Bertz CT molecular complexity index is 811. The number of benzene rings is 1. The summed E-state index contributed by atoms with van der Waals surface area (Å²) >= 11 is 6.27. The van der Waals surface area contributed by atoms with Crippen LogP contribution in [-0.4, -0.2) is 23.2 Å². The van der Waals surface area contributed by atoms with Crippen LogP contribution in [-0.2, 0) is 6.42 Å². The highest BCUT2D eigenvalue weighted by Crippen LogP contribution is 2.37. The van der Waals surface area contributed by atoms with E-state index < -0.39 is 11.2 Å². The average Bonchev–Trinajstić information content (AvgIpc) is 2.47. The third-order valence-electron chi connectivity index (χ3n) is 3.29. The molecule has 0 spiro atoms. The van der Waals surface area contributed by atoms with E-state index in [-0.39, 0.29) is 0 Å². The number of aromatic nitrogens is 2. The zero-order valence-electron chi connectivity index (χ0n) is 13.3. The van der Waals surface area contributed by atoms with E-state index in [0.29, 0.717) is 47.4 Å². The average molecular weight is 339 g/mol. The molecule has 2 aromatic rings. The Morgan fingerprint density at radius 1 is 1.09 bits per heavy atom. The lowest BCUT2D eigenvalue weighted by molar-refractivity contribution is 0.287. The minimum absolute atomic E-state index is 0.324. The second kappa shape index (κ2) is 7.37. The van der Waals surface area contributed by atoms with Gasteiger partial charge in [-0.15, -0.1) is 0 Å². The summed E-state index contributed by atoms with van der Waals surface area (Å²) in [4.78, 5) is 28.0. The Morgan fingerprint density at radius 3 is 2.39 bits per heavy atom. The molecule has 0 amide bonds. The molecule has 0 saturated carbocycles. The van der Waals surface area contributed by atoms with Crippen LogP contribution in [0.5, 0.6) is 11.5 Å². The molecular formula is C16H19ClN2O4. The predicted molar refractivity (Wildman–Crippen MR) is 89.0 cm³/mol. The molecule has 0 aliphatic heterocycles. The van der Waals surface area contributed by atoms with Gasteiger partial charge in [-0.3, -0.25) is 9.78 Å². The Labute approximate surface area is 138 Å². The summed E-state index contributed by atoms with van der Waals surface area (Å²) < 4.78 is 11.1. The maximum atomic E-state index is 12.0. The molecule has 1 aromatic heterocycles. The largest absolute Gasteiger partial charge is 0.490 e. The van der Waals surface area contributed by atoms with Crippen molar-refractivity contribution in [2.45, 2.75) is 27.2 Å². The third-order valence-corrected chi connectivity index (χ3v) is 3.57. The number of hydrogen-bond acceptors (Lipinski definition) is 4. The van der Waals surface area contributed by atoms with Crippen molar-refractivity contribution in [3.63, 3.8) is 0 Å². The summed E-state index contributed by atoms with van der Waals surface area (Å²) in [5.74, 6) is 1.03. The fourth-order valence-electron chi connectivity index (χ4n) is 2.31. The van der Waals surface area contributed by atoms with Gasteiger partial charge in [-0.2, -0.15) is 0 Å². The van der Waals surface area contributed by atoms with Gasteiger partial charge < -0.3 is 14.5 Å². The van der Waals surface area contributed by atoms with Crippen molar-refractivity contribution >= 4 is 11.6 Å². The Hall–Kier alpha value is -2.21. The molecule has 0 bridgehead atoms. The zero-order valence-corrected chi connectivity index (χ0v) is 14.0. The maximum Gasteiger partial charge on any atom is 0.325 e. The van der Waals surface area contributed by atoms with Gasteiger partial charge >= 0.3 is 5.69 Å². The SMILES string of the molecule is CCOc1cc(Cc2c(C)[nH]c(=O)[nH]c2=O)cc(Cl)c1OCC. The smallest absolute Gasteiger partial charge is 0.325 e. The van der Waals surface area contributed by atoms with Crippen LogP contribution in [0.15, 0.2) is 21.7 Å². The van der Waals surface area contributed by atoms with Gasteiger partial charge in [-0.1, -0.05) is 11.6 Å². The molecule has 2 rings (SSSR count). The highest BCUT2D eigenvalue weighted by atomic mass is 35.5. The first kappa shape index (κ1) is 17.1. The van der Waals surface area contributed by atoms with E-state index in [4.69, 9.17) is 21.1 Å². The molecule has 6 nitrogen and oxygen atoms in total. The number of nitrogens with one attached hydrogen (secondary N) is 2. The number of H-pyrrole nitrogens is 2. The number of rotatable bonds is 6. The van der Waals surface area contributed by atoms with Crippen LogP contribution in [0.25, 0.3) is 0 Å². The van der Waals surface area contributed by atoms with E-state index in [1.807, 2.05) is 13.8 Å². The minimum atomic E-state index is -0.518. The van der Waals surface area contributed by atoms with Crippen LogP contribution in [0, 0.1) is 6.92 Å². The van der Waals surface area contributed by atoms with Crippen LogP contribution in [0.1, 0.15) is 30.7 Å². The lowest BCUT2D eigenvalue weighted by Crippen LogP contribution is -2.27. The first-order valence-electron chi connectivity index (χ1n) is 7.36. The molecule has 124 valence electrons. The number of ether oxygens (including phenoxy) is 2. The quantitative estimate of drug-likeness (QED) is 0.847. The number of hydrogen-bond donors (Lipinski definition) is 2. The van der Waals surface area contributed by atoms with Crippen LogP contribution in [0.3, 0.4) is 0 Å². The van der Waals surface area contributed by atoms with Crippen LogP contribution < -0.4 is 20.7 Å². The molecule has 1 aromatic carbocycles. The molecule has 0 atom stereocenters. The van der Waals surface area contributed by atoms with Crippen LogP contribution >= 0.6 is 11.6 Å². The predicted octanol–water partition coefficient (Wildman–Crippen LogP) is 2.41. The molecule has 0 unspecified atom stereocenters. The minimum Gasteiger partial charge on any atom is -0.490 e. The molecule has 0 fully saturated rings. The highest BCUT2D eigenvalue weighted by Gasteiger charge is 2.14. The van der Waals surface area contributed by atoms with Crippen molar-refractivity contribution < 1.29 is 9.47 Å². The van der Waals surface area contributed by atoms with E-state index in [9.17, 15) is 9.59 Å². The van der Waals surface area contributed by atoms with Gasteiger partial charge in [0.25, 0.3) is 5.56 Å². The zero-order chi connectivity index (χ0) is 17.0. The fourth-order valence-corrected chi connectivity index (χ4v) is 2.60. The van der Waals surface area contributed by atoms with Gasteiger partial charge in [0.15, 0.2) is 11.5 Å². The van der Waals surface area contributed by atoms with E-state index in [1.54, 1.807) is 19.1 Å². The van der Waals surface area contributed by atoms with Gasteiger partial charge in [0.2, 0.25) is 0 Å². The summed E-state index contributed by atoms with van der Waals surface area (Å²) in [6.45, 7) is 6.36. The van der Waals surface area contributed by atoms with Crippen LogP contribution in [0.2, 0.25) is 5.02 Å². The summed E-state index contributed by atoms with van der Waals surface area (Å²) in [5, 5.41) is 0.423. The molecule has 0 aliphatic rings. The van der Waals surface area contributed by atoms with Crippen molar-refractivity contribution in [1.29, 1.82) is 0 Å². The standard InChI is InChI=1S/C16H19ClN2O4/c1-4-22-13-8-10(7-12(17)14(13)23-5-2)6-11-9(3)18-16(21)19-15(11)20/h7-8H,4-6H2,1-3H3,(H2,18,19,20,21). The monoisotopic (exact) mass is 338 g/mol. The first-order valence-corrected chi connectivity index (χ1v) is 7.74. The van der Waals surface area contributed by atoms with Gasteiger partial charge in [0.1, 0.15) is 0 Å². The second-order valence-corrected chi connectivity index (χ2v) is 5.37. The van der Waals surface area contributed by atoms with Gasteiger partial charge in [-0.25, -0.2) is 4.79 Å². The summed E-state index contributed by atoms with van der Waals surface area (Å²) in [6.07, 6.45) is 0.324. The van der Waals surface area contributed by atoms with Crippen LogP contribution in [0.4, 0.5) is 0 Å². The van der Waals surface area contributed by atoms with Crippen molar-refractivity contribution in [1.82, 2.24) is 9.97 Å². The van der Waals surface area contributed by atoms with E-state index in [2.05, 4.69) is 9.97 Å². The molecule has 7 heteroatoms. The molecule has 1 heterocycles. The Balaban J connectivity index is 2.45. The topological polar surface area (TPSA) is 84.2 Å². The lowest BCUT2D eigenvalue weighted by Gasteiger charge is -2.14. The normalized spacial score (nSPS) is 10.6. The maximum absolute atomic E-state index is 12.0. The van der Waals surface area contributed by atoms with E-state index in [1.165, 1.54) is 0 Å². The molecule has 0 saturated heterocycles. The van der Waals surface area contributed by atoms with Crippen molar-refractivity contribution in [2.75, 3.05) is 13.2 Å². The first-order chi connectivity index (χ1) is 11.0. The third kappa shape index (κ3) is 3.96. The molecular weight excluding hydrogens is 320 g/mol. The number of halogens is 1. The van der Waals surface area contributed by atoms with Crippen molar-refractivity contribution in [3.8, 4) is 11.5 Å².